The van der Waals surface area contributed by atoms with Crippen LogP contribution in [-0.2, 0) is 27.3 Å². The number of urea groups is 1. The average Bonchev–Trinajstić information content (AvgIpc) is 3.78. The number of carbonyl (C=O) groups is 3. The lowest BCUT2D eigenvalue weighted by Gasteiger charge is -2.34. The lowest BCUT2D eigenvalue weighted by Crippen LogP contribution is -2.56. The van der Waals surface area contributed by atoms with Gasteiger partial charge < -0.3 is 31.0 Å². The van der Waals surface area contributed by atoms with Crippen molar-refractivity contribution in [2.24, 2.45) is 5.73 Å². The highest BCUT2D eigenvalue weighted by Crippen LogP contribution is 2.28. The smallest absolute Gasteiger partial charge is 0.328 e. The molecule has 3 amide bonds. The summed E-state index contributed by atoms with van der Waals surface area (Å²) in [7, 11) is 0. The van der Waals surface area contributed by atoms with Gasteiger partial charge in [0.05, 0.1) is 11.0 Å². The minimum atomic E-state index is -0.941. The van der Waals surface area contributed by atoms with E-state index in [1.54, 1.807) is 20.8 Å². The predicted octanol–water partition coefficient (Wildman–Crippen LogP) is 5.93. The summed E-state index contributed by atoms with van der Waals surface area (Å²) in [6, 6.07) is 21.9. The highest BCUT2D eigenvalue weighted by Gasteiger charge is 2.33. The van der Waals surface area contributed by atoms with Crippen LogP contribution in [0.4, 0.5) is 4.79 Å². The molecule has 0 radical (unpaired) electrons. The highest BCUT2D eigenvalue weighted by atomic mass is 127. The Hall–Kier alpha value is -4.25. The number of piperidine rings is 2. The zero-order valence-electron chi connectivity index (χ0n) is 31.5. The molecule has 56 heavy (non-hydrogen) atoms. The van der Waals surface area contributed by atoms with Crippen LogP contribution >= 0.6 is 33.9 Å². The molecule has 4 heterocycles. The summed E-state index contributed by atoms with van der Waals surface area (Å²) in [5.41, 5.74) is 9.49. The normalized spacial score (nSPS) is 16.9. The average molecular weight is 892 g/mol. The van der Waals surface area contributed by atoms with Crippen molar-refractivity contribution in [3.05, 3.63) is 103 Å². The summed E-state index contributed by atoms with van der Waals surface area (Å²) < 4.78 is 10.2. The number of fused-ring (bicyclic) bond motifs is 2. The maximum atomic E-state index is 14.2. The van der Waals surface area contributed by atoms with Gasteiger partial charge in [0.25, 0.3) is 0 Å². The summed E-state index contributed by atoms with van der Waals surface area (Å²) in [6.07, 6.45) is 4.39. The molecule has 2 saturated heterocycles. The van der Waals surface area contributed by atoms with Gasteiger partial charge in [0.1, 0.15) is 18.2 Å². The maximum absolute atomic E-state index is 14.2. The van der Waals surface area contributed by atoms with Gasteiger partial charge in [0.15, 0.2) is 0 Å². The second-order valence-electron chi connectivity index (χ2n) is 14.9. The molecule has 5 N–H and O–H groups in total. The predicted molar refractivity (Wildman–Crippen MR) is 229 cm³/mol. The topological polar surface area (TPSA) is 155 Å². The maximum Gasteiger partial charge on any atom is 0.328 e. The first-order chi connectivity index (χ1) is 27.2. The standard InChI is InChI=1S/C42H50IN7O5S/c43-30-14-12-28(13-15-30)26-48-21-18-32(19-22-48)55-40(52)35(9-5-6-20-44)45-39(51)36(25-29-27-56-38-11-4-1-7-33(29)38)47-41(53)49-23-16-31(17-24-49)50-37-10-3-2-8-34(37)46-42(50)54/h1-4,7-8,10-15,27,31-32,35-36H,5-6,9,16-26,44H2,(H,45,51)(H,46,54)(H,47,53)/t35-,36-/m1/s1. The minimum absolute atomic E-state index is 0.0561. The zero-order chi connectivity index (χ0) is 39.0. The number of halogens is 1. The molecule has 5 aromatic rings. The van der Waals surface area contributed by atoms with Crippen molar-refractivity contribution in [3.8, 4) is 0 Å². The number of imidazole rings is 1. The zero-order valence-corrected chi connectivity index (χ0v) is 34.4. The van der Waals surface area contributed by atoms with Gasteiger partial charge in [-0.3, -0.25) is 14.3 Å². The number of ether oxygens (including phenoxy) is 1. The number of thiophene rings is 1. The van der Waals surface area contributed by atoms with E-state index in [1.807, 2.05) is 53.9 Å². The van der Waals surface area contributed by atoms with Gasteiger partial charge in [-0.15, -0.1) is 11.3 Å². The number of hydrogen-bond donors (Lipinski definition) is 4. The molecule has 2 aromatic heterocycles. The van der Waals surface area contributed by atoms with Crippen LogP contribution in [0.15, 0.2) is 83.0 Å². The fraction of sp³-hybridized carbons (Fsp3) is 0.429. The summed E-state index contributed by atoms with van der Waals surface area (Å²) in [5.74, 6) is -0.886. The van der Waals surface area contributed by atoms with Crippen LogP contribution in [-0.4, -0.2) is 88.2 Å². The van der Waals surface area contributed by atoms with E-state index in [4.69, 9.17) is 10.5 Å². The Morgan fingerprint density at radius 1 is 0.893 bits per heavy atom. The van der Waals surface area contributed by atoms with E-state index in [-0.39, 0.29) is 30.3 Å². The lowest BCUT2D eigenvalue weighted by atomic mass is 10.0. The number of hydrogen-bond acceptors (Lipinski definition) is 8. The van der Waals surface area contributed by atoms with E-state index < -0.39 is 24.0 Å². The number of likely N-dealkylation sites (tertiary alicyclic amines) is 2. The van der Waals surface area contributed by atoms with Gasteiger partial charge in [-0.25, -0.2) is 14.4 Å². The van der Waals surface area contributed by atoms with Gasteiger partial charge >= 0.3 is 17.7 Å². The van der Waals surface area contributed by atoms with E-state index in [0.717, 1.165) is 59.2 Å². The largest absolute Gasteiger partial charge is 0.461 e. The molecule has 0 bridgehead atoms. The van der Waals surface area contributed by atoms with Crippen molar-refractivity contribution < 1.29 is 19.1 Å². The Morgan fingerprint density at radius 2 is 1.62 bits per heavy atom. The quantitative estimate of drug-likeness (QED) is 0.0613. The number of H-pyrrole nitrogens is 1. The first kappa shape index (κ1) is 40.0. The summed E-state index contributed by atoms with van der Waals surface area (Å²) in [5, 5.41) is 9.08. The molecule has 0 saturated carbocycles. The van der Waals surface area contributed by atoms with E-state index in [2.05, 4.69) is 67.4 Å². The Labute approximate surface area is 344 Å². The SMILES string of the molecule is NCCCC[C@@H](NC(=O)[C@@H](Cc1csc2ccccc12)NC(=O)N1CCC(n2c(=O)[nH]c3ccccc32)CC1)C(=O)OC1CCN(Cc2ccc(I)cc2)CC1. The molecule has 3 aromatic carbocycles. The molecule has 12 nitrogen and oxygen atoms in total. The minimum Gasteiger partial charge on any atom is -0.461 e. The molecule has 2 aliphatic heterocycles. The fourth-order valence-electron chi connectivity index (χ4n) is 7.92. The number of carbonyl (C=O) groups excluding carboxylic acids is 3. The van der Waals surface area contributed by atoms with Crippen LogP contribution in [0.5, 0.6) is 0 Å². The monoisotopic (exact) mass is 891 g/mol. The Balaban J connectivity index is 1.01. The molecule has 2 fully saturated rings. The molecule has 2 aliphatic rings. The number of nitrogens with one attached hydrogen (secondary N) is 3. The number of esters is 1. The Bertz CT molecular complexity index is 2170. The number of nitrogens with two attached hydrogens (primary N) is 1. The van der Waals surface area contributed by atoms with Gasteiger partial charge in [-0.2, -0.15) is 0 Å². The number of rotatable bonds is 14. The van der Waals surface area contributed by atoms with Crippen LogP contribution in [0.2, 0.25) is 0 Å². The van der Waals surface area contributed by atoms with Crippen LogP contribution in [0, 0.1) is 3.57 Å². The van der Waals surface area contributed by atoms with Crippen molar-refractivity contribution >= 4 is 73.0 Å². The Morgan fingerprint density at radius 3 is 2.39 bits per heavy atom. The lowest BCUT2D eigenvalue weighted by molar-refractivity contribution is -0.155. The van der Waals surface area contributed by atoms with Crippen molar-refractivity contribution in [3.63, 3.8) is 0 Å². The van der Waals surface area contributed by atoms with Gasteiger partial charge in [-0.1, -0.05) is 42.5 Å². The summed E-state index contributed by atoms with van der Waals surface area (Å²) in [4.78, 5) is 61.8. The first-order valence-corrected chi connectivity index (χ1v) is 21.6. The molecule has 0 unspecified atom stereocenters. The Kier molecular flexibility index (Phi) is 13.4. The van der Waals surface area contributed by atoms with Gasteiger partial charge in [-0.05, 0) is 126 Å². The van der Waals surface area contributed by atoms with Crippen LogP contribution in [0.25, 0.3) is 21.1 Å². The van der Waals surface area contributed by atoms with Crippen LogP contribution in [0.1, 0.15) is 62.1 Å². The number of unbranched alkanes of at least 4 members (excludes halogenated alkanes) is 1. The second-order valence-corrected chi connectivity index (χ2v) is 17.0. The van der Waals surface area contributed by atoms with E-state index >= 15 is 0 Å². The third-order valence-corrected chi connectivity index (χ3v) is 12.8. The van der Waals surface area contributed by atoms with Crippen molar-refractivity contribution in [2.45, 2.75) is 82.1 Å². The summed E-state index contributed by atoms with van der Waals surface area (Å²) in [6.45, 7) is 3.80. The molecule has 2 atom stereocenters. The van der Waals surface area contributed by atoms with E-state index in [9.17, 15) is 19.2 Å². The number of amides is 3. The third-order valence-electron chi connectivity index (χ3n) is 11.0. The molecule has 14 heteroatoms. The van der Waals surface area contributed by atoms with Crippen molar-refractivity contribution in [1.82, 2.24) is 30.0 Å². The fourth-order valence-corrected chi connectivity index (χ4v) is 9.25. The van der Waals surface area contributed by atoms with Crippen LogP contribution in [0.3, 0.4) is 0 Å². The van der Waals surface area contributed by atoms with Gasteiger partial charge in [0.2, 0.25) is 5.91 Å². The second kappa shape index (κ2) is 18.8. The number of nitrogens with zero attached hydrogens (tertiary/aromatic N) is 3. The molecule has 296 valence electrons. The molecular weight excluding hydrogens is 841 g/mol. The number of aromatic amines is 1. The summed E-state index contributed by atoms with van der Waals surface area (Å²) >= 11 is 3.90. The van der Waals surface area contributed by atoms with E-state index in [0.29, 0.717) is 51.7 Å². The number of para-hydroxylation sites is 2. The number of benzene rings is 3. The molecule has 7 rings (SSSR count). The molecule has 0 spiro atoms. The molecule has 0 aliphatic carbocycles. The third kappa shape index (κ3) is 9.82. The highest BCUT2D eigenvalue weighted by molar-refractivity contribution is 14.1. The molecular formula is C42H50IN7O5S. The van der Waals surface area contributed by atoms with E-state index in [1.165, 1.54) is 9.13 Å². The first-order valence-electron chi connectivity index (χ1n) is 19.6. The van der Waals surface area contributed by atoms with Gasteiger partial charge in [0, 0.05) is 53.5 Å². The van der Waals surface area contributed by atoms with Crippen molar-refractivity contribution in [1.29, 1.82) is 0 Å². The van der Waals surface area contributed by atoms with Crippen molar-refractivity contribution in [2.75, 3.05) is 32.7 Å². The van der Waals surface area contributed by atoms with Crippen LogP contribution < -0.4 is 22.1 Å². The number of aromatic nitrogens is 2.